The minimum atomic E-state index is -0.305. The number of primary amides is 1. The summed E-state index contributed by atoms with van der Waals surface area (Å²) in [5.74, 6) is 0.408. The lowest BCUT2D eigenvalue weighted by Crippen LogP contribution is -2.40. The fourth-order valence-electron chi connectivity index (χ4n) is 3.29. The number of thioether (sulfide) groups is 1. The molecule has 1 aromatic heterocycles. The van der Waals surface area contributed by atoms with Crippen LogP contribution in [0.4, 0.5) is 0 Å². The average molecular weight is 450 g/mol. The third-order valence-corrected chi connectivity index (χ3v) is 6.76. The Bertz CT molecular complexity index is 1040. The van der Waals surface area contributed by atoms with Gasteiger partial charge < -0.3 is 15.1 Å². The molecule has 0 unspecified atom stereocenters. The maximum Gasteiger partial charge on any atom is 0.286 e. The minimum absolute atomic E-state index is 0.108. The first-order chi connectivity index (χ1) is 13.9. The third-order valence-electron chi connectivity index (χ3n) is 4.89. The number of hydrogen-bond donors (Lipinski definition) is 1. The Morgan fingerprint density at radius 3 is 2.72 bits per heavy atom. The van der Waals surface area contributed by atoms with Crippen molar-refractivity contribution >= 4 is 58.0 Å². The van der Waals surface area contributed by atoms with Crippen LogP contribution in [-0.2, 0) is 9.59 Å². The topological polar surface area (TPSA) is 88.9 Å². The van der Waals surface area contributed by atoms with E-state index in [4.69, 9.17) is 33.4 Å². The van der Waals surface area contributed by atoms with Gasteiger partial charge in [-0.25, -0.2) is 0 Å². The SMILES string of the molecule is NC(=O)C1CCN(C2=NC(=O)/C(=C\c3ccc(-c4cccc(Cl)c4Cl)o3)S2)CC1. The number of carbonyl (C=O) groups is 2. The van der Waals surface area contributed by atoms with Crippen molar-refractivity contribution < 1.29 is 14.0 Å². The Hall–Kier alpha value is -2.22. The van der Waals surface area contributed by atoms with E-state index in [-0.39, 0.29) is 17.7 Å². The van der Waals surface area contributed by atoms with E-state index in [0.717, 1.165) is 0 Å². The number of nitrogens with two attached hydrogens (primary N) is 1. The van der Waals surface area contributed by atoms with E-state index in [2.05, 4.69) is 4.99 Å². The van der Waals surface area contributed by atoms with Crippen LogP contribution in [0.25, 0.3) is 17.4 Å². The summed E-state index contributed by atoms with van der Waals surface area (Å²) >= 11 is 13.6. The van der Waals surface area contributed by atoms with Gasteiger partial charge >= 0.3 is 0 Å². The summed E-state index contributed by atoms with van der Waals surface area (Å²) in [4.78, 5) is 30.3. The number of amidine groups is 1. The molecule has 9 heteroatoms. The van der Waals surface area contributed by atoms with E-state index < -0.39 is 0 Å². The highest BCUT2D eigenvalue weighted by Gasteiger charge is 2.30. The zero-order valence-corrected chi connectivity index (χ0v) is 17.6. The maximum atomic E-state index is 12.3. The summed E-state index contributed by atoms with van der Waals surface area (Å²) in [6.45, 7) is 1.30. The van der Waals surface area contributed by atoms with Crippen LogP contribution in [0.1, 0.15) is 18.6 Å². The second kappa shape index (κ2) is 8.26. The van der Waals surface area contributed by atoms with Crippen LogP contribution in [0.15, 0.2) is 44.6 Å². The molecule has 2 amide bonds. The van der Waals surface area contributed by atoms with Crippen molar-refractivity contribution in [3.63, 3.8) is 0 Å². The fourth-order valence-corrected chi connectivity index (χ4v) is 4.63. The van der Waals surface area contributed by atoms with E-state index in [1.165, 1.54) is 11.8 Å². The summed E-state index contributed by atoms with van der Waals surface area (Å²) in [7, 11) is 0. The number of piperidine rings is 1. The summed E-state index contributed by atoms with van der Waals surface area (Å²) in [6, 6.07) is 8.87. The Labute approximate surface area is 181 Å². The quantitative estimate of drug-likeness (QED) is 0.700. The predicted octanol–water partition coefficient (Wildman–Crippen LogP) is 4.42. The molecule has 2 aromatic rings. The van der Waals surface area contributed by atoms with Crippen molar-refractivity contribution in [3.8, 4) is 11.3 Å². The predicted molar refractivity (Wildman–Crippen MR) is 116 cm³/mol. The average Bonchev–Trinajstić information content (AvgIpc) is 3.31. The number of hydrogen-bond acceptors (Lipinski definition) is 5. The first-order valence-corrected chi connectivity index (χ1v) is 10.6. The van der Waals surface area contributed by atoms with Crippen molar-refractivity contribution in [3.05, 3.63) is 51.0 Å². The molecule has 0 atom stereocenters. The molecule has 1 aromatic carbocycles. The van der Waals surface area contributed by atoms with Crippen molar-refractivity contribution in [2.24, 2.45) is 16.6 Å². The molecule has 2 aliphatic rings. The van der Waals surface area contributed by atoms with Crippen LogP contribution in [-0.4, -0.2) is 35.0 Å². The highest BCUT2D eigenvalue weighted by atomic mass is 35.5. The van der Waals surface area contributed by atoms with Crippen molar-refractivity contribution in [1.82, 2.24) is 4.90 Å². The molecule has 150 valence electrons. The van der Waals surface area contributed by atoms with E-state index in [0.29, 0.717) is 63.1 Å². The van der Waals surface area contributed by atoms with Gasteiger partial charge in [0.15, 0.2) is 5.17 Å². The number of amides is 2. The minimum Gasteiger partial charge on any atom is -0.457 e. The summed E-state index contributed by atoms with van der Waals surface area (Å²) in [6.07, 6.45) is 3.01. The highest BCUT2D eigenvalue weighted by Crippen LogP contribution is 2.36. The molecule has 0 saturated carbocycles. The van der Waals surface area contributed by atoms with Crippen LogP contribution < -0.4 is 5.73 Å². The number of rotatable bonds is 3. The zero-order valence-electron chi connectivity index (χ0n) is 15.2. The van der Waals surface area contributed by atoms with Gasteiger partial charge in [0.2, 0.25) is 5.91 Å². The standard InChI is InChI=1S/C20H17Cl2N3O3S/c21-14-3-1-2-13(17(14)22)15-5-4-12(28-15)10-16-19(27)24-20(29-16)25-8-6-11(7-9-25)18(23)26/h1-5,10-11H,6-9H2,(H2,23,26)/b16-10+. The Balaban J connectivity index is 1.47. The Morgan fingerprint density at radius 1 is 1.24 bits per heavy atom. The smallest absolute Gasteiger partial charge is 0.286 e. The van der Waals surface area contributed by atoms with Crippen LogP contribution >= 0.6 is 35.0 Å². The molecular weight excluding hydrogens is 433 g/mol. The zero-order chi connectivity index (χ0) is 20.5. The third kappa shape index (κ3) is 4.22. The summed E-state index contributed by atoms with van der Waals surface area (Å²) in [5, 5.41) is 1.51. The highest BCUT2D eigenvalue weighted by molar-refractivity contribution is 8.18. The van der Waals surface area contributed by atoms with Crippen molar-refractivity contribution in [1.29, 1.82) is 0 Å². The first kappa shape index (κ1) is 20.1. The van der Waals surface area contributed by atoms with Crippen LogP contribution in [0.5, 0.6) is 0 Å². The van der Waals surface area contributed by atoms with E-state index in [1.54, 1.807) is 30.3 Å². The Kier molecular flexibility index (Phi) is 5.72. The van der Waals surface area contributed by atoms with Gasteiger partial charge in [0.05, 0.1) is 15.0 Å². The van der Waals surface area contributed by atoms with Crippen LogP contribution in [0.3, 0.4) is 0 Å². The summed E-state index contributed by atoms with van der Waals surface area (Å²) < 4.78 is 5.84. The lowest BCUT2D eigenvalue weighted by atomic mass is 9.97. The second-order valence-electron chi connectivity index (χ2n) is 6.78. The molecule has 3 heterocycles. The van der Waals surface area contributed by atoms with Gasteiger partial charge in [-0.2, -0.15) is 4.99 Å². The largest absolute Gasteiger partial charge is 0.457 e. The molecule has 1 fully saturated rings. The van der Waals surface area contributed by atoms with Crippen LogP contribution in [0.2, 0.25) is 10.0 Å². The summed E-state index contributed by atoms with van der Waals surface area (Å²) in [5.41, 5.74) is 6.06. The molecule has 6 nitrogen and oxygen atoms in total. The van der Waals surface area contributed by atoms with E-state index >= 15 is 0 Å². The van der Waals surface area contributed by atoms with Gasteiger partial charge in [-0.1, -0.05) is 29.3 Å². The lowest BCUT2D eigenvalue weighted by Gasteiger charge is -2.31. The molecule has 0 aliphatic carbocycles. The van der Waals surface area contributed by atoms with Gasteiger partial charge in [0.25, 0.3) is 5.91 Å². The molecular formula is C20H17Cl2N3O3S. The number of halogens is 2. The Morgan fingerprint density at radius 2 is 2.00 bits per heavy atom. The number of furan rings is 1. The molecule has 1 saturated heterocycles. The molecule has 0 bridgehead atoms. The van der Waals surface area contributed by atoms with Gasteiger partial charge in [-0.05, 0) is 48.9 Å². The number of nitrogens with zero attached hydrogens (tertiary/aromatic N) is 2. The number of carbonyl (C=O) groups excluding carboxylic acids is 2. The monoisotopic (exact) mass is 449 g/mol. The van der Waals surface area contributed by atoms with Gasteiger partial charge in [0.1, 0.15) is 11.5 Å². The number of likely N-dealkylation sites (tertiary alicyclic amines) is 1. The molecule has 0 radical (unpaired) electrons. The van der Waals surface area contributed by atoms with E-state index in [9.17, 15) is 9.59 Å². The molecule has 0 spiro atoms. The van der Waals surface area contributed by atoms with Gasteiger partial charge in [-0.3, -0.25) is 9.59 Å². The van der Waals surface area contributed by atoms with Crippen molar-refractivity contribution in [2.45, 2.75) is 12.8 Å². The van der Waals surface area contributed by atoms with Crippen molar-refractivity contribution in [2.75, 3.05) is 13.1 Å². The number of aliphatic imine (C=N–C) groups is 1. The van der Waals surface area contributed by atoms with Crippen LogP contribution in [0, 0.1) is 5.92 Å². The lowest BCUT2D eigenvalue weighted by molar-refractivity contribution is -0.123. The van der Waals surface area contributed by atoms with Gasteiger partial charge in [-0.15, -0.1) is 0 Å². The molecule has 2 aliphatic heterocycles. The maximum absolute atomic E-state index is 12.3. The fraction of sp³-hybridized carbons (Fsp3) is 0.250. The molecule has 2 N–H and O–H groups in total. The van der Waals surface area contributed by atoms with E-state index in [1.807, 2.05) is 11.0 Å². The second-order valence-corrected chi connectivity index (χ2v) is 8.57. The first-order valence-electron chi connectivity index (χ1n) is 9.03. The number of benzene rings is 1. The molecule has 4 rings (SSSR count). The van der Waals surface area contributed by atoms with Gasteiger partial charge in [0, 0.05) is 30.6 Å². The normalized spacial score (nSPS) is 19.1. The molecule has 29 heavy (non-hydrogen) atoms.